The molecule has 2 aromatic carbocycles. The molecule has 30 heavy (non-hydrogen) atoms. The van der Waals surface area contributed by atoms with E-state index in [2.05, 4.69) is 27.1 Å². The van der Waals surface area contributed by atoms with Gasteiger partial charge in [0.1, 0.15) is 5.75 Å². The third kappa shape index (κ3) is 4.95. The van der Waals surface area contributed by atoms with Crippen LogP contribution in [0.1, 0.15) is 35.7 Å². The number of nitrogens with one attached hydrogen (secondary N) is 1. The van der Waals surface area contributed by atoms with E-state index in [0.717, 1.165) is 43.2 Å². The van der Waals surface area contributed by atoms with E-state index in [1.807, 2.05) is 30.3 Å². The summed E-state index contributed by atoms with van der Waals surface area (Å²) in [5.74, 6) is 2.51. The van der Waals surface area contributed by atoms with E-state index in [4.69, 9.17) is 4.74 Å². The first-order valence-electron chi connectivity index (χ1n) is 10.3. The van der Waals surface area contributed by atoms with Crippen LogP contribution in [0.5, 0.6) is 11.6 Å². The molecule has 4 rings (SSSR count). The molecule has 0 atom stereocenters. The van der Waals surface area contributed by atoms with Crippen molar-refractivity contribution in [2.75, 3.05) is 18.0 Å². The second-order valence-corrected chi connectivity index (χ2v) is 7.65. The molecule has 1 amide bonds. The van der Waals surface area contributed by atoms with Crippen LogP contribution in [0.3, 0.4) is 0 Å². The van der Waals surface area contributed by atoms with E-state index in [9.17, 15) is 4.79 Å². The summed E-state index contributed by atoms with van der Waals surface area (Å²) in [4.78, 5) is 23.5. The van der Waals surface area contributed by atoms with Crippen LogP contribution in [0.2, 0.25) is 0 Å². The van der Waals surface area contributed by atoms with Crippen LogP contribution in [0.4, 0.5) is 5.82 Å². The summed E-state index contributed by atoms with van der Waals surface area (Å²) in [6.07, 6.45) is 5.61. The van der Waals surface area contributed by atoms with E-state index in [0.29, 0.717) is 23.7 Å². The number of carbonyl (C=O) groups excluding carboxylic acids is 1. The highest BCUT2D eigenvalue weighted by molar-refractivity contribution is 5.94. The summed E-state index contributed by atoms with van der Waals surface area (Å²) in [7, 11) is 0. The number of piperidine rings is 1. The number of carbonyl (C=O) groups is 1. The number of aromatic nitrogens is 2. The molecule has 1 fully saturated rings. The second kappa shape index (κ2) is 9.39. The van der Waals surface area contributed by atoms with Crippen LogP contribution in [0, 0.1) is 5.92 Å². The highest BCUT2D eigenvalue weighted by atomic mass is 16.5. The van der Waals surface area contributed by atoms with E-state index < -0.39 is 0 Å². The Bertz CT molecular complexity index is 968. The third-order valence-electron chi connectivity index (χ3n) is 5.36. The van der Waals surface area contributed by atoms with Gasteiger partial charge < -0.3 is 15.0 Å². The van der Waals surface area contributed by atoms with Crippen molar-refractivity contribution in [3.8, 4) is 11.6 Å². The first-order chi connectivity index (χ1) is 14.7. The van der Waals surface area contributed by atoms with E-state index in [-0.39, 0.29) is 5.91 Å². The number of ether oxygens (including phenoxy) is 1. The SMILES string of the molecule is CC1CCN(c2nccnc2Oc2ccc(C(=O)NCc3ccccc3)cc2)CC1. The van der Waals surface area contributed by atoms with Crippen LogP contribution in [0.15, 0.2) is 67.0 Å². The molecule has 6 heteroatoms. The van der Waals surface area contributed by atoms with Gasteiger partial charge in [-0.3, -0.25) is 4.79 Å². The maximum absolute atomic E-state index is 12.4. The van der Waals surface area contributed by atoms with Crippen molar-refractivity contribution in [1.82, 2.24) is 15.3 Å². The summed E-state index contributed by atoms with van der Waals surface area (Å²) in [5.41, 5.74) is 1.65. The summed E-state index contributed by atoms with van der Waals surface area (Å²) in [5, 5.41) is 2.93. The third-order valence-corrected chi connectivity index (χ3v) is 5.36. The minimum absolute atomic E-state index is 0.118. The molecule has 1 saturated heterocycles. The maximum atomic E-state index is 12.4. The molecule has 2 heterocycles. The predicted molar refractivity (Wildman–Crippen MR) is 117 cm³/mol. The van der Waals surface area contributed by atoms with Crippen molar-refractivity contribution < 1.29 is 9.53 Å². The van der Waals surface area contributed by atoms with E-state index in [1.165, 1.54) is 0 Å². The van der Waals surface area contributed by atoms with Gasteiger partial charge in [0.2, 0.25) is 0 Å². The Morgan fingerprint density at radius 1 is 1.03 bits per heavy atom. The number of rotatable bonds is 6. The number of anilines is 1. The lowest BCUT2D eigenvalue weighted by Crippen LogP contribution is -2.33. The number of amides is 1. The monoisotopic (exact) mass is 402 g/mol. The van der Waals surface area contributed by atoms with Crippen molar-refractivity contribution in [2.24, 2.45) is 5.92 Å². The second-order valence-electron chi connectivity index (χ2n) is 7.65. The van der Waals surface area contributed by atoms with Crippen LogP contribution in [-0.4, -0.2) is 29.0 Å². The Kier molecular flexibility index (Phi) is 6.23. The average molecular weight is 402 g/mol. The Balaban J connectivity index is 1.40. The number of hydrogen-bond acceptors (Lipinski definition) is 5. The molecule has 0 spiro atoms. The highest BCUT2D eigenvalue weighted by Crippen LogP contribution is 2.30. The van der Waals surface area contributed by atoms with Crippen LogP contribution >= 0.6 is 0 Å². The Morgan fingerprint density at radius 2 is 1.73 bits per heavy atom. The average Bonchev–Trinajstić information content (AvgIpc) is 2.80. The van der Waals surface area contributed by atoms with Gasteiger partial charge >= 0.3 is 0 Å². The van der Waals surface area contributed by atoms with E-state index in [1.54, 1.807) is 36.7 Å². The fraction of sp³-hybridized carbons (Fsp3) is 0.292. The molecule has 0 unspecified atom stereocenters. The Hall–Kier alpha value is -3.41. The van der Waals surface area contributed by atoms with Crippen molar-refractivity contribution in [3.63, 3.8) is 0 Å². The van der Waals surface area contributed by atoms with Crippen LogP contribution in [-0.2, 0) is 6.54 Å². The van der Waals surface area contributed by atoms with Crippen LogP contribution < -0.4 is 15.0 Å². The van der Waals surface area contributed by atoms with Crippen molar-refractivity contribution in [3.05, 3.63) is 78.1 Å². The molecule has 3 aromatic rings. The molecule has 154 valence electrons. The molecule has 1 aliphatic heterocycles. The summed E-state index contributed by atoms with van der Waals surface area (Å²) in [6.45, 7) is 4.69. The van der Waals surface area contributed by atoms with Crippen molar-refractivity contribution >= 4 is 11.7 Å². The highest BCUT2D eigenvalue weighted by Gasteiger charge is 2.21. The Labute approximate surface area is 176 Å². The minimum atomic E-state index is -0.118. The van der Waals surface area contributed by atoms with Crippen molar-refractivity contribution in [2.45, 2.75) is 26.3 Å². The lowest BCUT2D eigenvalue weighted by molar-refractivity contribution is 0.0951. The minimum Gasteiger partial charge on any atom is -0.436 e. The lowest BCUT2D eigenvalue weighted by atomic mass is 9.99. The molecule has 0 bridgehead atoms. The largest absolute Gasteiger partial charge is 0.436 e. The molecular weight excluding hydrogens is 376 g/mol. The van der Waals surface area contributed by atoms with Gasteiger partial charge in [0.25, 0.3) is 11.8 Å². The van der Waals surface area contributed by atoms with Crippen LogP contribution in [0.25, 0.3) is 0 Å². The number of hydrogen-bond donors (Lipinski definition) is 1. The fourth-order valence-electron chi connectivity index (χ4n) is 3.49. The molecule has 0 aliphatic carbocycles. The Morgan fingerprint density at radius 3 is 2.47 bits per heavy atom. The van der Waals surface area contributed by atoms with Gasteiger partial charge in [0.05, 0.1) is 0 Å². The zero-order chi connectivity index (χ0) is 20.8. The van der Waals surface area contributed by atoms with Gasteiger partial charge in [0, 0.05) is 37.6 Å². The number of nitrogens with zero attached hydrogens (tertiary/aromatic N) is 3. The topological polar surface area (TPSA) is 67.3 Å². The summed E-state index contributed by atoms with van der Waals surface area (Å²) >= 11 is 0. The molecule has 0 saturated carbocycles. The van der Waals surface area contributed by atoms with Gasteiger partial charge in [-0.05, 0) is 48.6 Å². The van der Waals surface area contributed by atoms with Gasteiger partial charge in [-0.25, -0.2) is 9.97 Å². The quantitative estimate of drug-likeness (QED) is 0.660. The molecule has 0 radical (unpaired) electrons. The van der Waals surface area contributed by atoms with Gasteiger partial charge in [-0.1, -0.05) is 37.3 Å². The maximum Gasteiger partial charge on any atom is 0.263 e. The van der Waals surface area contributed by atoms with Crippen molar-refractivity contribution in [1.29, 1.82) is 0 Å². The number of benzene rings is 2. The smallest absolute Gasteiger partial charge is 0.263 e. The molecule has 1 aliphatic rings. The normalized spacial score (nSPS) is 14.4. The molecule has 6 nitrogen and oxygen atoms in total. The summed E-state index contributed by atoms with van der Waals surface area (Å²) in [6, 6.07) is 16.9. The molecule has 1 aromatic heterocycles. The zero-order valence-electron chi connectivity index (χ0n) is 17.1. The first-order valence-corrected chi connectivity index (χ1v) is 10.3. The van der Waals surface area contributed by atoms with Gasteiger partial charge in [0.15, 0.2) is 5.82 Å². The predicted octanol–water partition coefficient (Wildman–Crippen LogP) is 4.44. The van der Waals surface area contributed by atoms with Gasteiger partial charge in [-0.2, -0.15) is 0 Å². The lowest BCUT2D eigenvalue weighted by Gasteiger charge is -2.31. The zero-order valence-corrected chi connectivity index (χ0v) is 17.1. The molecule has 1 N–H and O–H groups in total. The van der Waals surface area contributed by atoms with Gasteiger partial charge in [-0.15, -0.1) is 0 Å². The standard InChI is InChI=1S/C24H26N4O2/c1-18-11-15-28(16-12-18)22-24(26-14-13-25-22)30-21-9-7-20(8-10-21)23(29)27-17-19-5-3-2-4-6-19/h2-10,13-14,18H,11-12,15-17H2,1H3,(H,27,29). The van der Waals surface area contributed by atoms with E-state index >= 15 is 0 Å². The molecular formula is C24H26N4O2. The fourth-order valence-corrected chi connectivity index (χ4v) is 3.49. The first kappa shape index (κ1) is 19.9. The summed E-state index contributed by atoms with van der Waals surface area (Å²) < 4.78 is 6.01.